The molecule has 0 aliphatic rings. The van der Waals surface area contributed by atoms with Gasteiger partial charge in [0.1, 0.15) is 5.82 Å². The van der Waals surface area contributed by atoms with Gasteiger partial charge in [0.15, 0.2) is 0 Å². The number of rotatable bonds is 10. The van der Waals surface area contributed by atoms with Crippen LogP contribution in [0.2, 0.25) is 0 Å². The summed E-state index contributed by atoms with van der Waals surface area (Å²) in [6.07, 6.45) is 1.35. The Labute approximate surface area is 211 Å². The average molecular weight is 485 g/mol. The Balaban J connectivity index is 2.22. The Hall–Kier alpha value is -2.67. The molecular formula is C28H44N4O3. The zero-order chi connectivity index (χ0) is 26.4. The Morgan fingerprint density at radius 1 is 1.14 bits per heavy atom. The van der Waals surface area contributed by atoms with E-state index in [1.165, 1.54) is 0 Å². The molecule has 0 saturated carbocycles. The molecule has 2 amide bonds. The summed E-state index contributed by atoms with van der Waals surface area (Å²) in [7, 11) is 1.60. The fourth-order valence-electron chi connectivity index (χ4n) is 4.19. The number of carbonyl (C=O) groups is 2. The summed E-state index contributed by atoms with van der Waals surface area (Å²) in [6.45, 7) is 17.6. The van der Waals surface area contributed by atoms with E-state index in [1.807, 2.05) is 37.3 Å². The molecule has 194 valence electrons. The van der Waals surface area contributed by atoms with Crippen LogP contribution in [0.15, 0.2) is 30.3 Å². The molecule has 1 unspecified atom stereocenters. The smallest absolute Gasteiger partial charge is 0.245 e. The van der Waals surface area contributed by atoms with Crippen LogP contribution in [-0.2, 0) is 19.7 Å². The van der Waals surface area contributed by atoms with Gasteiger partial charge in [-0.15, -0.1) is 0 Å². The van der Waals surface area contributed by atoms with Crippen LogP contribution in [0.1, 0.15) is 72.6 Å². The highest BCUT2D eigenvalue weighted by Gasteiger charge is 2.25. The van der Waals surface area contributed by atoms with Gasteiger partial charge in [-0.25, -0.2) is 4.68 Å². The molecule has 0 radical (unpaired) electrons. The number of amides is 2. The predicted molar refractivity (Wildman–Crippen MR) is 142 cm³/mol. The highest BCUT2D eigenvalue weighted by atomic mass is 16.5. The maximum absolute atomic E-state index is 13.1. The number of nitrogens with zero attached hydrogens (tertiary/aromatic N) is 3. The first-order valence-corrected chi connectivity index (χ1v) is 12.4. The third-order valence-electron chi connectivity index (χ3n) is 5.73. The van der Waals surface area contributed by atoms with Gasteiger partial charge in [-0.05, 0) is 42.4 Å². The van der Waals surface area contributed by atoms with E-state index < -0.39 is 0 Å². The molecule has 0 bridgehead atoms. The van der Waals surface area contributed by atoms with Crippen LogP contribution in [0.4, 0.5) is 5.82 Å². The molecule has 2 aromatic rings. The van der Waals surface area contributed by atoms with Crippen LogP contribution in [0, 0.1) is 18.3 Å². The van der Waals surface area contributed by atoms with E-state index in [0.29, 0.717) is 25.4 Å². The number of nitrogens with one attached hydrogen (secondary N) is 1. The minimum Gasteiger partial charge on any atom is -0.383 e. The summed E-state index contributed by atoms with van der Waals surface area (Å²) in [5.74, 6) is 0.530. The van der Waals surface area contributed by atoms with E-state index in [9.17, 15) is 9.59 Å². The van der Waals surface area contributed by atoms with Crippen LogP contribution in [0.25, 0.3) is 5.69 Å². The zero-order valence-electron chi connectivity index (χ0n) is 23.1. The van der Waals surface area contributed by atoms with E-state index in [4.69, 9.17) is 9.84 Å². The number of aromatic nitrogens is 2. The van der Waals surface area contributed by atoms with Crippen molar-refractivity contribution < 1.29 is 14.3 Å². The van der Waals surface area contributed by atoms with E-state index >= 15 is 0 Å². The number of carbonyl (C=O) groups excluding carboxylic acids is 2. The zero-order valence-corrected chi connectivity index (χ0v) is 23.1. The van der Waals surface area contributed by atoms with Crippen molar-refractivity contribution in [2.75, 3.05) is 32.1 Å². The summed E-state index contributed by atoms with van der Waals surface area (Å²) in [6, 6.07) is 9.90. The molecule has 1 heterocycles. The lowest BCUT2D eigenvalue weighted by Gasteiger charge is -2.26. The van der Waals surface area contributed by atoms with Gasteiger partial charge in [0.25, 0.3) is 0 Å². The van der Waals surface area contributed by atoms with Gasteiger partial charge in [0.2, 0.25) is 11.8 Å². The van der Waals surface area contributed by atoms with Crippen molar-refractivity contribution in [1.82, 2.24) is 14.7 Å². The van der Waals surface area contributed by atoms with E-state index in [2.05, 4.69) is 53.8 Å². The number of aryl methyl sites for hydroxylation is 1. The van der Waals surface area contributed by atoms with E-state index in [-0.39, 0.29) is 35.1 Å². The molecule has 1 aromatic carbocycles. The lowest BCUT2D eigenvalue weighted by molar-refractivity contribution is -0.136. The maximum atomic E-state index is 13.1. The number of methoxy groups -OCH3 is 1. The molecule has 2 rings (SSSR count). The van der Waals surface area contributed by atoms with Gasteiger partial charge in [-0.1, -0.05) is 60.6 Å². The largest absolute Gasteiger partial charge is 0.383 e. The summed E-state index contributed by atoms with van der Waals surface area (Å²) in [4.78, 5) is 27.8. The number of hydrogen-bond acceptors (Lipinski definition) is 4. The summed E-state index contributed by atoms with van der Waals surface area (Å²) < 4.78 is 6.96. The summed E-state index contributed by atoms with van der Waals surface area (Å²) in [5.41, 5.74) is 2.82. The topological polar surface area (TPSA) is 76.5 Å². The fourth-order valence-corrected chi connectivity index (χ4v) is 4.19. The number of ether oxygens (including phenoxy) is 1. The van der Waals surface area contributed by atoms with Crippen molar-refractivity contribution in [2.24, 2.45) is 11.3 Å². The van der Waals surface area contributed by atoms with E-state index in [1.54, 1.807) is 16.7 Å². The predicted octanol–water partition coefficient (Wildman–Crippen LogP) is 5.35. The van der Waals surface area contributed by atoms with Crippen LogP contribution < -0.4 is 5.32 Å². The van der Waals surface area contributed by atoms with Gasteiger partial charge in [0.05, 0.1) is 24.5 Å². The van der Waals surface area contributed by atoms with Crippen molar-refractivity contribution in [1.29, 1.82) is 0 Å². The third kappa shape index (κ3) is 9.13. The molecule has 0 aliphatic heterocycles. The monoisotopic (exact) mass is 484 g/mol. The summed E-state index contributed by atoms with van der Waals surface area (Å²) >= 11 is 0. The molecule has 1 N–H and O–H groups in total. The molecule has 0 fully saturated rings. The molecule has 0 saturated heterocycles. The first-order valence-electron chi connectivity index (χ1n) is 12.4. The molecule has 0 spiro atoms. The number of benzene rings is 1. The van der Waals surface area contributed by atoms with Crippen molar-refractivity contribution in [3.05, 3.63) is 41.6 Å². The number of hydrogen-bond donors (Lipinski definition) is 1. The van der Waals surface area contributed by atoms with E-state index in [0.717, 1.165) is 23.4 Å². The highest BCUT2D eigenvalue weighted by molar-refractivity contribution is 5.94. The van der Waals surface area contributed by atoms with Gasteiger partial charge in [-0.2, -0.15) is 5.10 Å². The second-order valence-corrected chi connectivity index (χ2v) is 11.8. The normalized spacial score (nSPS) is 12.9. The SMILES string of the molecule is COCCN(CC(=O)Nc1cc(C(C)(C)C)nn1-c1cccc(C)c1)C(=O)CC(C)CC(C)(C)C. The van der Waals surface area contributed by atoms with Crippen LogP contribution >= 0.6 is 0 Å². The molecule has 7 nitrogen and oxygen atoms in total. The van der Waals surface area contributed by atoms with Crippen molar-refractivity contribution in [3.63, 3.8) is 0 Å². The van der Waals surface area contributed by atoms with Crippen LogP contribution in [0.5, 0.6) is 0 Å². The Morgan fingerprint density at radius 3 is 2.40 bits per heavy atom. The van der Waals surface area contributed by atoms with Crippen molar-refractivity contribution in [2.45, 2.75) is 73.6 Å². The quantitative estimate of drug-likeness (QED) is 0.493. The maximum Gasteiger partial charge on any atom is 0.245 e. The molecule has 1 atom stereocenters. The van der Waals surface area contributed by atoms with Crippen molar-refractivity contribution in [3.8, 4) is 5.69 Å². The lowest BCUT2D eigenvalue weighted by Crippen LogP contribution is -2.40. The lowest BCUT2D eigenvalue weighted by atomic mass is 9.84. The van der Waals surface area contributed by atoms with Crippen LogP contribution in [0.3, 0.4) is 0 Å². The second-order valence-electron chi connectivity index (χ2n) is 11.8. The number of anilines is 1. The molecule has 0 aliphatic carbocycles. The average Bonchev–Trinajstić information content (AvgIpc) is 3.13. The van der Waals surface area contributed by atoms with Gasteiger partial charge < -0.3 is 15.0 Å². The fraction of sp³-hybridized carbons (Fsp3) is 0.607. The Kier molecular flexibility index (Phi) is 9.67. The highest BCUT2D eigenvalue weighted by Crippen LogP contribution is 2.28. The Morgan fingerprint density at radius 2 is 1.83 bits per heavy atom. The first kappa shape index (κ1) is 28.6. The molecule has 1 aromatic heterocycles. The Bertz CT molecular complexity index is 998. The third-order valence-corrected chi connectivity index (χ3v) is 5.73. The van der Waals surface area contributed by atoms with Gasteiger partial charge in [-0.3, -0.25) is 9.59 Å². The second kappa shape index (κ2) is 11.8. The molecule has 7 heteroatoms. The first-order chi connectivity index (χ1) is 16.2. The minimum absolute atomic E-state index is 0.0310. The minimum atomic E-state index is -0.257. The van der Waals surface area contributed by atoms with Crippen LogP contribution in [-0.4, -0.2) is 53.3 Å². The molecule has 35 heavy (non-hydrogen) atoms. The van der Waals surface area contributed by atoms with Crippen molar-refractivity contribution >= 4 is 17.6 Å². The van der Waals surface area contributed by atoms with Gasteiger partial charge >= 0.3 is 0 Å². The standard InChI is InChI=1S/C28H44N4O3/c1-20-11-10-12-22(15-20)32-24(17-23(30-32)28(6,7)8)29-25(33)19-31(13-14-35-9)26(34)16-21(2)18-27(3,4)5/h10-12,15,17,21H,13-14,16,18-19H2,1-9H3,(H,29,33). The van der Waals surface area contributed by atoms with Gasteiger partial charge in [0, 0.05) is 31.6 Å². The summed E-state index contributed by atoms with van der Waals surface area (Å²) in [5, 5.41) is 7.79. The molecular weight excluding hydrogens is 440 g/mol.